The molecule has 5 heteroatoms. The molecule has 1 fully saturated rings. The van der Waals surface area contributed by atoms with Crippen molar-refractivity contribution >= 4 is 21.8 Å². The molecule has 0 saturated carbocycles. The summed E-state index contributed by atoms with van der Waals surface area (Å²) in [6.07, 6.45) is 3.07. The first kappa shape index (κ1) is 13.6. The molecule has 1 aromatic heterocycles. The van der Waals surface area contributed by atoms with Gasteiger partial charge < -0.3 is 4.90 Å². The van der Waals surface area contributed by atoms with E-state index in [0.29, 0.717) is 6.04 Å². The molecule has 1 amide bonds. The highest BCUT2D eigenvalue weighted by Gasteiger charge is 2.30. The highest BCUT2D eigenvalue weighted by atomic mass is 79.9. The molecular weight excluding hydrogens is 294 g/mol. The Morgan fingerprint density at radius 3 is 2.94 bits per heavy atom. The Hall–Kier alpha value is -0.840. The maximum Gasteiger partial charge on any atom is 0.272 e. The number of carbonyl (C=O) groups is 1. The lowest BCUT2D eigenvalue weighted by molar-refractivity contribution is 0.0738. The number of nitrogens with zero attached hydrogens (tertiary/aromatic N) is 3. The molecular formula is C13H20BrN3O. The summed E-state index contributed by atoms with van der Waals surface area (Å²) in [5.41, 5.74) is 1.73. The minimum absolute atomic E-state index is 0.131. The molecule has 18 heavy (non-hydrogen) atoms. The van der Waals surface area contributed by atoms with Crippen LogP contribution in [-0.2, 0) is 13.0 Å². The molecule has 0 radical (unpaired) electrons. The molecule has 1 saturated heterocycles. The van der Waals surface area contributed by atoms with Crippen LogP contribution in [0.25, 0.3) is 0 Å². The van der Waals surface area contributed by atoms with Crippen molar-refractivity contribution in [3.8, 4) is 0 Å². The van der Waals surface area contributed by atoms with Gasteiger partial charge in [-0.3, -0.25) is 9.48 Å². The molecule has 4 nitrogen and oxygen atoms in total. The van der Waals surface area contributed by atoms with E-state index in [4.69, 9.17) is 0 Å². The van der Waals surface area contributed by atoms with Crippen LogP contribution in [0, 0.1) is 0 Å². The van der Waals surface area contributed by atoms with Crippen LogP contribution >= 0.6 is 15.9 Å². The maximum atomic E-state index is 12.6. The average Bonchev–Trinajstić information content (AvgIpc) is 3.03. The zero-order chi connectivity index (χ0) is 13.1. The van der Waals surface area contributed by atoms with Crippen LogP contribution < -0.4 is 0 Å². The monoisotopic (exact) mass is 313 g/mol. The van der Waals surface area contributed by atoms with Gasteiger partial charge in [0.25, 0.3) is 5.91 Å². The SMILES string of the molecule is CCc1cc(C(=O)N2CCCC2CBr)n(CC)n1. The molecule has 0 aliphatic carbocycles. The van der Waals surface area contributed by atoms with Gasteiger partial charge in [-0.1, -0.05) is 22.9 Å². The van der Waals surface area contributed by atoms with Crippen molar-refractivity contribution in [1.29, 1.82) is 0 Å². The third-order valence-electron chi connectivity index (χ3n) is 3.53. The normalized spacial score (nSPS) is 19.5. The van der Waals surface area contributed by atoms with Gasteiger partial charge in [-0.15, -0.1) is 0 Å². The van der Waals surface area contributed by atoms with Crippen molar-refractivity contribution in [3.63, 3.8) is 0 Å². The number of hydrogen-bond acceptors (Lipinski definition) is 2. The van der Waals surface area contributed by atoms with Crippen LogP contribution in [0.4, 0.5) is 0 Å². The fourth-order valence-electron chi connectivity index (χ4n) is 2.47. The van der Waals surface area contributed by atoms with Gasteiger partial charge in [0.1, 0.15) is 5.69 Å². The summed E-state index contributed by atoms with van der Waals surface area (Å²) >= 11 is 3.50. The molecule has 1 aliphatic heterocycles. The summed E-state index contributed by atoms with van der Waals surface area (Å²) in [6.45, 7) is 5.70. The second-order valence-corrected chi connectivity index (χ2v) is 5.29. The molecule has 0 aromatic carbocycles. The Kier molecular flexibility index (Phi) is 4.43. The van der Waals surface area contributed by atoms with E-state index in [-0.39, 0.29) is 5.91 Å². The first-order valence-corrected chi connectivity index (χ1v) is 7.77. The van der Waals surface area contributed by atoms with Crippen molar-refractivity contribution < 1.29 is 4.79 Å². The number of halogens is 1. The van der Waals surface area contributed by atoms with E-state index in [0.717, 1.165) is 49.1 Å². The molecule has 2 rings (SSSR count). The number of aryl methyl sites for hydroxylation is 2. The van der Waals surface area contributed by atoms with E-state index >= 15 is 0 Å². The van der Waals surface area contributed by atoms with Crippen molar-refractivity contribution in [2.75, 3.05) is 11.9 Å². The van der Waals surface area contributed by atoms with Gasteiger partial charge in [0, 0.05) is 24.5 Å². The second kappa shape index (κ2) is 5.87. The summed E-state index contributed by atoms with van der Waals surface area (Å²) in [7, 11) is 0. The smallest absolute Gasteiger partial charge is 0.272 e. The second-order valence-electron chi connectivity index (χ2n) is 4.64. The Balaban J connectivity index is 2.24. The van der Waals surface area contributed by atoms with Crippen molar-refractivity contribution in [1.82, 2.24) is 14.7 Å². The fraction of sp³-hybridized carbons (Fsp3) is 0.692. The van der Waals surface area contributed by atoms with Crippen LogP contribution in [0.2, 0.25) is 0 Å². The zero-order valence-corrected chi connectivity index (χ0v) is 12.6. The lowest BCUT2D eigenvalue weighted by atomic mass is 10.2. The summed E-state index contributed by atoms with van der Waals surface area (Å²) in [5.74, 6) is 0.131. The van der Waals surface area contributed by atoms with Crippen LogP contribution in [0.5, 0.6) is 0 Å². The average molecular weight is 314 g/mol. The van der Waals surface area contributed by atoms with Crippen molar-refractivity contribution in [3.05, 3.63) is 17.5 Å². The number of carbonyl (C=O) groups excluding carboxylic acids is 1. The highest BCUT2D eigenvalue weighted by molar-refractivity contribution is 9.09. The number of aromatic nitrogens is 2. The number of amides is 1. The first-order chi connectivity index (χ1) is 8.71. The molecule has 1 unspecified atom stereocenters. The zero-order valence-electron chi connectivity index (χ0n) is 11.0. The van der Waals surface area contributed by atoms with Crippen LogP contribution in [0.1, 0.15) is 42.9 Å². The molecule has 0 N–H and O–H groups in total. The van der Waals surface area contributed by atoms with E-state index in [9.17, 15) is 4.79 Å². The van der Waals surface area contributed by atoms with E-state index in [1.54, 1.807) is 0 Å². The van der Waals surface area contributed by atoms with Gasteiger partial charge in [0.05, 0.1) is 5.69 Å². The lowest BCUT2D eigenvalue weighted by Gasteiger charge is -2.23. The molecule has 0 spiro atoms. The Labute approximate surface area is 116 Å². The largest absolute Gasteiger partial charge is 0.334 e. The van der Waals surface area contributed by atoms with Gasteiger partial charge in [0.15, 0.2) is 0 Å². The number of rotatable bonds is 4. The van der Waals surface area contributed by atoms with Gasteiger partial charge in [-0.2, -0.15) is 5.10 Å². The molecule has 1 atom stereocenters. The Bertz CT molecular complexity index is 430. The van der Waals surface area contributed by atoms with Crippen LogP contribution in [0.3, 0.4) is 0 Å². The van der Waals surface area contributed by atoms with Gasteiger partial charge in [-0.05, 0) is 32.3 Å². The minimum Gasteiger partial charge on any atom is -0.334 e. The molecule has 0 bridgehead atoms. The number of alkyl halides is 1. The van der Waals surface area contributed by atoms with Crippen molar-refractivity contribution in [2.45, 2.75) is 45.7 Å². The van der Waals surface area contributed by atoms with Gasteiger partial charge in [0.2, 0.25) is 0 Å². The third kappa shape index (κ3) is 2.46. The lowest BCUT2D eigenvalue weighted by Crippen LogP contribution is -2.37. The standard InChI is InChI=1S/C13H20BrN3O/c1-3-10-8-12(17(4-2)15-10)13(18)16-7-5-6-11(16)9-14/h8,11H,3-7,9H2,1-2H3. The molecule has 100 valence electrons. The Morgan fingerprint density at radius 2 is 2.33 bits per heavy atom. The molecule has 2 heterocycles. The number of likely N-dealkylation sites (tertiary alicyclic amines) is 1. The summed E-state index contributed by atoms with van der Waals surface area (Å²) in [4.78, 5) is 14.6. The van der Waals surface area contributed by atoms with E-state index in [1.165, 1.54) is 0 Å². The molecule has 1 aromatic rings. The fourth-order valence-corrected chi connectivity index (χ4v) is 3.14. The van der Waals surface area contributed by atoms with Gasteiger partial charge in [-0.25, -0.2) is 0 Å². The summed E-state index contributed by atoms with van der Waals surface area (Å²) < 4.78 is 1.82. The van der Waals surface area contributed by atoms with Crippen molar-refractivity contribution in [2.24, 2.45) is 0 Å². The predicted octanol–water partition coefficient (Wildman–Crippen LogP) is 2.46. The summed E-state index contributed by atoms with van der Waals surface area (Å²) in [6, 6.07) is 2.28. The first-order valence-electron chi connectivity index (χ1n) is 6.64. The summed E-state index contributed by atoms with van der Waals surface area (Å²) in [5, 5.41) is 5.31. The third-order valence-corrected chi connectivity index (χ3v) is 4.27. The molecule has 1 aliphatic rings. The topological polar surface area (TPSA) is 38.1 Å². The van der Waals surface area contributed by atoms with Crippen LogP contribution in [-0.4, -0.2) is 38.5 Å². The quantitative estimate of drug-likeness (QED) is 0.801. The van der Waals surface area contributed by atoms with Crippen LogP contribution in [0.15, 0.2) is 6.07 Å². The number of hydrogen-bond donors (Lipinski definition) is 0. The van der Waals surface area contributed by atoms with E-state index in [1.807, 2.05) is 22.6 Å². The minimum atomic E-state index is 0.131. The van der Waals surface area contributed by atoms with E-state index in [2.05, 4.69) is 28.0 Å². The van der Waals surface area contributed by atoms with Gasteiger partial charge >= 0.3 is 0 Å². The highest BCUT2D eigenvalue weighted by Crippen LogP contribution is 2.22. The predicted molar refractivity (Wildman–Crippen MR) is 75.1 cm³/mol. The Morgan fingerprint density at radius 1 is 1.56 bits per heavy atom. The maximum absolute atomic E-state index is 12.6. The van der Waals surface area contributed by atoms with E-state index < -0.39 is 0 Å².